The van der Waals surface area contributed by atoms with Gasteiger partial charge in [0.05, 0.1) is 16.5 Å². The van der Waals surface area contributed by atoms with Crippen LogP contribution in [0.15, 0.2) is 47.1 Å². The molecule has 0 spiro atoms. The molecule has 28 heavy (non-hydrogen) atoms. The summed E-state index contributed by atoms with van der Waals surface area (Å²) < 4.78 is 6.56. The Hall–Kier alpha value is -2.54. The van der Waals surface area contributed by atoms with Gasteiger partial charge in [0.25, 0.3) is 0 Å². The Bertz CT molecular complexity index is 867. The van der Waals surface area contributed by atoms with Gasteiger partial charge in [-0.2, -0.15) is 0 Å². The number of amides is 2. The number of thiazole rings is 1. The molecular formula is C21H26N4O2S. The number of anilines is 1. The highest BCUT2D eigenvalue weighted by Crippen LogP contribution is 2.30. The molecule has 1 aromatic carbocycles. The maximum absolute atomic E-state index is 12.3. The smallest absolute Gasteiger partial charge is 0.315 e. The summed E-state index contributed by atoms with van der Waals surface area (Å²) in [6.45, 7) is 3.86. The molecule has 148 valence electrons. The molecule has 3 heterocycles. The molecule has 0 aliphatic carbocycles. The van der Waals surface area contributed by atoms with Crippen LogP contribution < -0.4 is 15.5 Å². The maximum atomic E-state index is 12.3. The number of aromatic nitrogens is 1. The van der Waals surface area contributed by atoms with E-state index in [2.05, 4.69) is 33.7 Å². The van der Waals surface area contributed by atoms with Crippen LogP contribution in [-0.2, 0) is 6.42 Å². The van der Waals surface area contributed by atoms with Crippen LogP contribution in [0.2, 0.25) is 0 Å². The number of hydrogen-bond acceptors (Lipinski definition) is 5. The van der Waals surface area contributed by atoms with Crippen LogP contribution in [0.25, 0.3) is 10.2 Å². The largest absolute Gasteiger partial charge is 0.469 e. The normalized spacial score (nSPS) is 16.2. The third-order valence-electron chi connectivity index (χ3n) is 5.16. The highest BCUT2D eigenvalue weighted by molar-refractivity contribution is 7.22. The van der Waals surface area contributed by atoms with E-state index in [-0.39, 0.29) is 18.1 Å². The lowest BCUT2D eigenvalue weighted by Gasteiger charge is -2.32. The zero-order valence-electron chi connectivity index (χ0n) is 16.1. The van der Waals surface area contributed by atoms with E-state index in [1.54, 1.807) is 17.6 Å². The summed E-state index contributed by atoms with van der Waals surface area (Å²) in [6.07, 6.45) is 5.24. The predicted molar refractivity (Wildman–Crippen MR) is 113 cm³/mol. The Morgan fingerprint density at radius 1 is 1.29 bits per heavy atom. The molecule has 1 fully saturated rings. The first kappa shape index (κ1) is 18.8. The third-order valence-corrected chi connectivity index (χ3v) is 6.26. The van der Waals surface area contributed by atoms with E-state index >= 15 is 0 Å². The van der Waals surface area contributed by atoms with Crippen molar-refractivity contribution in [3.05, 3.63) is 48.4 Å². The number of urea groups is 1. The summed E-state index contributed by atoms with van der Waals surface area (Å²) in [7, 11) is 0. The van der Waals surface area contributed by atoms with Gasteiger partial charge < -0.3 is 20.0 Å². The number of furan rings is 1. The van der Waals surface area contributed by atoms with Crippen LogP contribution in [0, 0.1) is 0 Å². The van der Waals surface area contributed by atoms with Crippen molar-refractivity contribution in [1.29, 1.82) is 0 Å². The Kier molecular flexibility index (Phi) is 5.81. The molecule has 1 saturated heterocycles. The van der Waals surface area contributed by atoms with Crippen molar-refractivity contribution in [2.45, 2.75) is 44.7 Å². The van der Waals surface area contributed by atoms with Gasteiger partial charge in [-0.1, -0.05) is 23.5 Å². The lowest BCUT2D eigenvalue weighted by Crippen LogP contribution is -2.49. The molecule has 6 nitrogen and oxygen atoms in total. The summed E-state index contributed by atoms with van der Waals surface area (Å²) in [5, 5.41) is 7.24. The molecular weight excluding hydrogens is 372 g/mol. The molecule has 3 aromatic rings. The van der Waals surface area contributed by atoms with Crippen LogP contribution in [0.3, 0.4) is 0 Å². The highest BCUT2D eigenvalue weighted by Gasteiger charge is 2.23. The van der Waals surface area contributed by atoms with E-state index in [1.165, 1.54) is 4.70 Å². The SMILES string of the molecule is C[C@@H](CCc1ccco1)NC(=O)NC1CCN(c2nc3ccccc3s2)CC1. The van der Waals surface area contributed by atoms with Crippen LogP contribution in [-0.4, -0.2) is 36.2 Å². The van der Waals surface area contributed by atoms with E-state index in [9.17, 15) is 4.79 Å². The highest BCUT2D eigenvalue weighted by atomic mass is 32.1. The van der Waals surface area contributed by atoms with Gasteiger partial charge in [-0.3, -0.25) is 0 Å². The topological polar surface area (TPSA) is 70.4 Å². The number of carbonyl (C=O) groups excluding carboxylic acids is 1. The van der Waals surface area contributed by atoms with Gasteiger partial charge in [0.15, 0.2) is 5.13 Å². The molecule has 1 aliphatic heterocycles. The molecule has 0 saturated carbocycles. The van der Waals surface area contributed by atoms with Gasteiger partial charge in [0.2, 0.25) is 0 Å². The van der Waals surface area contributed by atoms with Crippen molar-refractivity contribution < 1.29 is 9.21 Å². The second-order valence-electron chi connectivity index (χ2n) is 7.36. The first-order chi connectivity index (χ1) is 13.7. The molecule has 2 aromatic heterocycles. The fourth-order valence-electron chi connectivity index (χ4n) is 3.55. The number of aryl methyl sites for hydroxylation is 1. The standard InChI is InChI=1S/C21H26N4O2S/c1-15(8-9-17-5-4-14-27-17)22-20(26)23-16-10-12-25(13-11-16)21-24-18-6-2-3-7-19(18)28-21/h2-7,14-16H,8-13H2,1H3,(H2,22,23,26)/t15-/m0/s1. The number of para-hydroxylation sites is 1. The lowest BCUT2D eigenvalue weighted by molar-refractivity contribution is 0.230. The molecule has 0 unspecified atom stereocenters. The summed E-state index contributed by atoms with van der Waals surface area (Å²) in [5.41, 5.74) is 1.06. The third kappa shape index (κ3) is 4.65. The van der Waals surface area contributed by atoms with Gasteiger partial charge in [-0.15, -0.1) is 0 Å². The fraction of sp³-hybridized carbons (Fsp3) is 0.429. The van der Waals surface area contributed by atoms with Gasteiger partial charge in [-0.05, 0) is 50.5 Å². The Labute approximate surface area is 168 Å². The molecule has 2 amide bonds. The molecule has 1 aliphatic rings. The zero-order valence-corrected chi connectivity index (χ0v) is 16.9. The van der Waals surface area contributed by atoms with Crippen LogP contribution in [0.5, 0.6) is 0 Å². The average Bonchev–Trinajstić information content (AvgIpc) is 3.36. The lowest BCUT2D eigenvalue weighted by atomic mass is 10.1. The summed E-state index contributed by atoms with van der Waals surface area (Å²) in [5.74, 6) is 0.955. The Balaban J connectivity index is 1.21. The number of nitrogens with zero attached hydrogens (tertiary/aromatic N) is 2. The molecule has 0 bridgehead atoms. The van der Waals surface area contributed by atoms with Crippen molar-refractivity contribution in [2.24, 2.45) is 0 Å². The molecule has 7 heteroatoms. The number of benzene rings is 1. The monoisotopic (exact) mass is 398 g/mol. The van der Waals surface area contributed by atoms with E-state index in [0.717, 1.165) is 55.2 Å². The van der Waals surface area contributed by atoms with Gasteiger partial charge >= 0.3 is 6.03 Å². The minimum Gasteiger partial charge on any atom is -0.469 e. The average molecular weight is 399 g/mol. The van der Waals surface area contributed by atoms with Crippen molar-refractivity contribution in [1.82, 2.24) is 15.6 Å². The second-order valence-corrected chi connectivity index (χ2v) is 8.37. The molecule has 1 atom stereocenters. The fourth-order valence-corrected chi connectivity index (χ4v) is 4.56. The Morgan fingerprint density at radius 2 is 2.11 bits per heavy atom. The second kappa shape index (κ2) is 8.65. The van der Waals surface area contributed by atoms with Crippen molar-refractivity contribution in [2.75, 3.05) is 18.0 Å². The summed E-state index contributed by atoms with van der Waals surface area (Å²) >= 11 is 1.74. The maximum Gasteiger partial charge on any atom is 0.315 e. The van der Waals surface area contributed by atoms with Gasteiger partial charge in [-0.25, -0.2) is 9.78 Å². The first-order valence-electron chi connectivity index (χ1n) is 9.87. The minimum absolute atomic E-state index is 0.0784. The molecule has 4 rings (SSSR count). The van der Waals surface area contributed by atoms with Crippen LogP contribution in [0.4, 0.5) is 9.93 Å². The number of nitrogens with one attached hydrogen (secondary N) is 2. The zero-order chi connectivity index (χ0) is 19.3. The number of rotatable bonds is 6. The van der Waals surface area contributed by atoms with Crippen LogP contribution in [0.1, 0.15) is 31.9 Å². The number of carbonyl (C=O) groups is 1. The van der Waals surface area contributed by atoms with Crippen molar-refractivity contribution in [3.8, 4) is 0 Å². The van der Waals surface area contributed by atoms with E-state index < -0.39 is 0 Å². The first-order valence-corrected chi connectivity index (χ1v) is 10.7. The van der Waals surface area contributed by atoms with Crippen molar-refractivity contribution in [3.63, 3.8) is 0 Å². The quantitative estimate of drug-likeness (QED) is 0.654. The van der Waals surface area contributed by atoms with E-state index in [1.807, 2.05) is 25.1 Å². The molecule has 2 N–H and O–H groups in total. The predicted octanol–water partition coefficient (Wildman–Crippen LogP) is 4.18. The summed E-state index contributed by atoms with van der Waals surface area (Å²) in [4.78, 5) is 19.3. The summed E-state index contributed by atoms with van der Waals surface area (Å²) in [6, 6.07) is 12.3. The van der Waals surface area contributed by atoms with Gasteiger partial charge in [0, 0.05) is 31.6 Å². The number of hydrogen-bond donors (Lipinski definition) is 2. The Morgan fingerprint density at radius 3 is 2.86 bits per heavy atom. The van der Waals surface area contributed by atoms with Crippen LogP contribution >= 0.6 is 11.3 Å². The van der Waals surface area contributed by atoms with E-state index in [4.69, 9.17) is 9.40 Å². The van der Waals surface area contributed by atoms with E-state index in [0.29, 0.717) is 0 Å². The van der Waals surface area contributed by atoms with Crippen molar-refractivity contribution >= 4 is 32.7 Å². The number of fused-ring (bicyclic) bond motifs is 1. The molecule has 0 radical (unpaired) electrons. The van der Waals surface area contributed by atoms with Gasteiger partial charge in [0.1, 0.15) is 5.76 Å². The number of piperidine rings is 1. The minimum atomic E-state index is -0.0784.